The number of methoxy groups -OCH3 is 1. The highest BCUT2D eigenvalue weighted by Gasteiger charge is 2.20. The van der Waals surface area contributed by atoms with E-state index in [-0.39, 0.29) is 22.3 Å². The largest absolute Gasteiger partial charge is 0.496 e. The van der Waals surface area contributed by atoms with Crippen LogP contribution in [0.4, 0.5) is 5.13 Å². The number of amides is 2. The highest BCUT2D eigenvalue weighted by molar-refractivity contribution is 7.21. The van der Waals surface area contributed by atoms with Crippen LogP contribution in [0.1, 0.15) is 32.1 Å². The van der Waals surface area contributed by atoms with Crippen molar-refractivity contribution in [1.82, 2.24) is 24.8 Å². The molecule has 10 nitrogen and oxygen atoms in total. The van der Waals surface area contributed by atoms with Crippen LogP contribution in [0.25, 0.3) is 21.6 Å². The number of aryl methyl sites for hydroxylation is 1. The van der Waals surface area contributed by atoms with Crippen molar-refractivity contribution in [1.29, 1.82) is 5.26 Å². The van der Waals surface area contributed by atoms with Gasteiger partial charge in [-0.25, -0.2) is 9.97 Å². The van der Waals surface area contributed by atoms with E-state index in [9.17, 15) is 14.9 Å². The van der Waals surface area contributed by atoms with Gasteiger partial charge in [0, 0.05) is 37.1 Å². The zero-order chi connectivity index (χ0) is 24.4. The van der Waals surface area contributed by atoms with Crippen molar-refractivity contribution >= 4 is 38.8 Å². The smallest absolute Gasteiger partial charge is 0.273 e. The van der Waals surface area contributed by atoms with Gasteiger partial charge in [0.15, 0.2) is 15.6 Å². The van der Waals surface area contributed by atoms with Gasteiger partial charge >= 0.3 is 0 Å². The molecule has 0 aliphatic carbocycles. The SMILES string of the molecule is COc1ccc(C#N)cc1-c1cc(C)ncc1C(=O)Nc1nc2ncc(C(=O)N(C)C)nc2s1. The summed E-state index contributed by atoms with van der Waals surface area (Å²) in [6.45, 7) is 1.81. The van der Waals surface area contributed by atoms with Crippen LogP contribution in [0, 0.1) is 18.3 Å². The minimum Gasteiger partial charge on any atom is -0.496 e. The Morgan fingerprint density at radius 1 is 1.12 bits per heavy atom. The lowest BCUT2D eigenvalue weighted by atomic mass is 9.97. The number of pyridine rings is 1. The van der Waals surface area contributed by atoms with Crippen molar-refractivity contribution in [2.45, 2.75) is 6.92 Å². The summed E-state index contributed by atoms with van der Waals surface area (Å²) in [6, 6.07) is 8.86. The molecular formula is C23H19N7O3S. The second-order valence-corrected chi connectivity index (χ2v) is 8.43. The molecule has 0 radical (unpaired) electrons. The van der Waals surface area contributed by atoms with Crippen LogP contribution in [0.15, 0.2) is 36.7 Å². The predicted molar refractivity (Wildman–Crippen MR) is 127 cm³/mol. The lowest BCUT2D eigenvalue weighted by molar-refractivity contribution is 0.0821. The molecule has 0 saturated carbocycles. The number of rotatable bonds is 5. The molecule has 0 spiro atoms. The Morgan fingerprint density at radius 2 is 1.91 bits per heavy atom. The van der Waals surface area contributed by atoms with Crippen molar-refractivity contribution in [3.8, 4) is 22.9 Å². The second-order valence-electron chi connectivity index (χ2n) is 7.45. The van der Waals surface area contributed by atoms with E-state index in [1.165, 1.54) is 24.4 Å². The van der Waals surface area contributed by atoms with E-state index >= 15 is 0 Å². The Balaban J connectivity index is 1.71. The maximum Gasteiger partial charge on any atom is 0.273 e. The summed E-state index contributed by atoms with van der Waals surface area (Å²) >= 11 is 1.11. The molecule has 0 atom stereocenters. The molecule has 3 heterocycles. The van der Waals surface area contributed by atoms with Crippen molar-refractivity contribution < 1.29 is 14.3 Å². The Labute approximate surface area is 198 Å². The van der Waals surface area contributed by atoms with Gasteiger partial charge in [-0.15, -0.1) is 0 Å². The van der Waals surface area contributed by atoms with Crippen LogP contribution in [0.3, 0.4) is 0 Å². The van der Waals surface area contributed by atoms with E-state index in [0.717, 1.165) is 11.3 Å². The van der Waals surface area contributed by atoms with Gasteiger partial charge in [0.05, 0.1) is 30.5 Å². The molecule has 0 aliphatic rings. The van der Waals surface area contributed by atoms with Crippen LogP contribution in [-0.2, 0) is 0 Å². The molecule has 2 amide bonds. The number of benzene rings is 1. The van der Waals surface area contributed by atoms with E-state index in [2.05, 4.69) is 31.3 Å². The van der Waals surface area contributed by atoms with Crippen molar-refractivity contribution in [2.75, 3.05) is 26.5 Å². The summed E-state index contributed by atoms with van der Waals surface area (Å²) in [5.41, 5.74) is 3.08. The fourth-order valence-electron chi connectivity index (χ4n) is 3.22. The molecule has 0 unspecified atom stereocenters. The van der Waals surface area contributed by atoms with Crippen LogP contribution in [0.2, 0.25) is 0 Å². The highest BCUT2D eigenvalue weighted by atomic mass is 32.1. The van der Waals surface area contributed by atoms with Crippen LogP contribution < -0.4 is 10.1 Å². The normalized spacial score (nSPS) is 10.6. The minimum absolute atomic E-state index is 0.188. The number of carbonyl (C=O) groups is 2. The molecule has 4 aromatic rings. The highest BCUT2D eigenvalue weighted by Crippen LogP contribution is 2.34. The maximum atomic E-state index is 13.2. The first-order chi connectivity index (χ1) is 16.3. The fraction of sp³-hybridized carbons (Fsp3) is 0.174. The topological polar surface area (TPSA) is 134 Å². The number of anilines is 1. The van der Waals surface area contributed by atoms with Crippen LogP contribution in [0.5, 0.6) is 5.75 Å². The number of hydrogen-bond acceptors (Lipinski definition) is 9. The standard InChI is InChI=1S/C23H19N7O3S/c1-12-7-14(15-8-13(9-24)5-6-18(15)33-4)16(10-25-12)20(31)29-23-28-19-21(34-23)27-17(11-26-19)22(32)30(2)3/h5-8,10-11H,1-4H3,(H,26,28,29,31). The van der Waals surface area contributed by atoms with Gasteiger partial charge in [0.2, 0.25) is 0 Å². The van der Waals surface area contributed by atoms with Gasteiger partial charge in [-0.05, 0) is 31.2 Å². The molecular weight excluding hydrogens is 454 g/mol. The molecule has 0 aliphatic heterocycles. The monoisotopic (exact) mass is 473 g/mol. The number of aromatic nitrogens is 4. The quantitative estimate of drug-likeness (QED) is 0.467. The molecule has 4 rings (SSSR count). The Bertz CT molecular complexity index is 1470. The average molecular weight is 474 g/mol. The number of nitrogens with zero attached hydrogens (tertiary/aromatic N) is 6. The van der Waals surface area contributed by atoms with Crippen molar-refractivity contribution in [3.05, 3.63) is 59.2 Å². The summed E-state index contributed by atoms with van der Waals surface area (Å²) in [5.74, 6) is -0.210. The minimum atomic E-state index is -0.449. The van der Waals surface area contributed by atoms with Gasteiger partial charge in [0.1, 0.15) is 11.4 Å². The number of carbonyl (C=O) groups excluding carboxylic acids is 2. The number of fused-ring (bicyclic) bond motifs is 1. The molecule has 0 saturated heterocycles. The van der Waals surface area contributed by atoms with E-state index in [1.807, 2.05) is 6.92 Å². The maximum absolute atomic E-state index is 13.2. The van der Waals surface area contributed by atoms with Gasteiger partial charge in [-0.1, -0.05) is 11.3 Å². The van der Waals surface area contributed by atoms with Gasteiger partial charge < -0.3 is 9.64 Å². The number of nitrogens with one attached hydrogen (secondary N) is 1. The van der Waals surface area contributed by atoms with E-state index in [0.29, 0.717) is 38.6 Å². The molecule has 3 aromatic heterocycles. The third-order valence-electron chi connectivity index (χ3n) is 4.87. The van der Waals surface area contributed by atoms with E-state index < -0.39 is 5.91 Å². The molecule has 11 heteroatoms. The van der Waals surface area contributed by atoms with Gasteiger partial charge in [0.25, 0.3) is 11.8 Å². The summed E-state index contributed by atoms with van der Waals surface area (Å²) in [4.78, 5) is 44.3. The van der Waals surface area contributed by atoms with Crippen molar-refractivity contribution in [2.24, 2.45) is 0 Å². The molecule has 0 fully saturated rings. The fourth-order valence-corrected chi connectivity index (χ4v) is 4.02. The summed E-state index contributed by atoms with van der Waals surface area (Å²) < 4.78 is 5.46. The van der Waals surface area contributed by atoms with E-state index in [1.54, 1.807) is 38.4 Å². The van der Waals surface area contributed by atoms with Gasteiger partial charge in [-0.3, -0.25) is 19.9 Å². The Kier molecular flexibility index (Phi) is 6.16. The first-order valence-electron chi connectivity index (χ1n) is 10.0. The lowest BCUT2D eigenvalue weighted by Crippen LogP contribution is -2.22. The molecule has 0 bridgehead atoms. The number of hydrogen-bond donors (Lipinski definition) is 1. The first-order valence-corrected chi connectivity index (χ1v) is 10.8. The third kappa shape index (κ3) is 4.39. The summed E-state index contributed by atoms with van der Waals surface area (Å²) in [5, 5.41) is 12.4. The van der Waals surface area contributed by atoms with E-state index in [4.69, 9.17) is 4.74 Å². The molecule has 170 valence electrons. The second kappa shape index (κ2) is 9.21. The van der Waals surface area contributed by atoms with Gasteiger partial charge in [-0.2, -0.15) is 10.2 Å². The number of ether oxygens (including phenoxy) is 1. The van der Waals surface area contributed by atoms with Crippen molar-refractivity contribution in [3.63, 3.8) is 0 Å². The molecule has 1 aromatic carbocycles. The van der Waals surface area contributed by atoms with Crippen LogP contribution >= 0.6 is 11.3 Å². The summed E-state index contributed by atoms with van der Waals surface area (Å²) in [7, 11) is 4.77. The molecule has 34 heavy (non-hydrogen) atoms. The summed E-state index contributed by atoms with van der Waals surface area (Å²) in [6.07, 6.45) is 2.82. The molecule has 1 N–H and O–H groups in total. The average Bonchev–Trinajstić information content (AvgIpc) is 3.24. The Morgan fingerprint density at radius 3 is 2.62 bits per heavy atom. The first kappa shape index (κ1) is 22.8. The van der Waals surface area contributed by atoms with Crippen LogP contribution in [-0.4, -0.2) is 57.9 Å². The zero-order valence-corrected chi connectivity index (χ0v) is 19.6. The predicted octanol–water partition coefficient (Wildman–Crippen LogP) is 3.29. The lowest BCUT2D eigenvalue weighted by Gasteiger charge is -2.13. The third-order valence-corrected chi connectivity index (χ3v) is 5.73. The zero-order valence-electron chi connectivity index (χ0n) is 18.8. The Hall–Kier alpha value is -4.43. The number of nitriles is 1. The number of thiazole rings is 1.